The van der Waals surface area contributed by atoms with E-state index in [-0.39, 0.29) is 11.8 Å². The molecule has 1 rings (SSSR count). The van der Waals surface area contributed by atoms with Gasteiger partial charge >= 0.3 is 0 Å². The van der Waals surface area contributed by atoms with E-state index in [1.54, 1.807) is 13.1 Å². The van der Waals surface area contributed by atoms with Crippen LogP contribution in [0.4, 0.5) is 5.69 Å². The van der Waals surface area contributed by atoms with E-state index in [4.69, 9.17) is 5.73 Å². The standard InChI is InChI=1S/C10H15N3O/c1-7(10(11)14)9-8(13(2)3)5-4-6-12-9/h4-7H,1-3H3,(H2,11,14). The van der Waals surface area contributed by atoms with Gasteiger partial charge in [0.25, 0.3) is 0 Å². The Morgan fingerprint density at radius 3 is 2.71 bits per heavy atom. The number of carbonyl (C=O) groups excluding carboxylic acids is 1. The van der Waals surface area contributed by atoms with Crippen molar-refractivity contribution in [1.29, 1.82) is 0 Å². The molecule has 14 heavy (non-hydrogen) atoms. The molecule has 1 atom stereocenters. The summed E-state index contributed by atoms with van der Waals surface area (Å²) in [5.41, 5.74) is 6.90. The fourth-order valence-corrected chi connectivity index (χ4v) is 1.26. The van der Waals surface area contributed by atoms with Crippen LogP contribution in [0.2, 0.25) is 0 Å². The number of amides is 1. The lowest BCUT2D eigenvalue weighted by Gasteiger charge is -2.18. The van der Waals surface area contributed by atoms with E-state index >= 15 is 0 Å². The van der Waals surface area contributed by atoms with Crippen LogP contribution in [0.5, 0.6) is 0 Å². The Kier molecular flexibility index (Phi) is 3.06. The largest absolute Gasteiger partial charge is 0.376 e. The third-order valence-electron chi connectivity index (χ3n) is 2.13. The van der Waals surface area contributed by atoms with Gasteiger partial charge in [0.05, 0.1) is 17.3 Å². The van der Waals surface area contributed by atoms with Crippen LogP contribution in [0.1, 0.15) is 18.5 Å². The first-order chi connectivity index (χ1) is 6.54. The molecule has 2 N–H and O–H groups in total. The minimum Gasteiger partial charge on any atom is -0.376 e. The molecule has 0 aliphatic heterocycles. The Morgan fingerprint density at radius 2 is 2.21 bits per heavy atom. The summed E-state index contributed by atoms with van der Waals surface area (Å²) in [5, 5.41) is 0. The van der Waals surface area contributed by atoms with Crippen LogP contribution in [-0.2, 0) is 4.79 Å². The highest BCUT2D eigenvalue weighted by Gasteiger charge is 2.17. The van der Waals surface area contributed by atoms with Crippen LogP contribution >= 0.6 is 0 Å². The van der Waals surface area contributed by atoms with E-state index in [9.17, 15) is 4.79 Å². The average molecular weight is 193 g/mol. The first-order valence-corrected chi connectivity index (χ1v) is 4.45. The molecule has 1 amide bonds. The first kappa shape index (κ1) is 10.5. The summed E-state index contributed by atoms with van der Waals surface area (Å²) >= 11 is 0. The zero-order valence-electron chi connectivity index (χ0n) is 8.69. The number of carbonyl (C=O) groups is 1. The van der Waals surface area contributed by atoms with E-state index in [0.29, 0.717) is 0 Å². The topological polar surface area (TPSA) is 59.2 Å². The van der Waals surface area contributed by atoms with E-state index < -0.39 is 0 Å². The molecular weight excluding hydrogens is 178 g/mol. The van der Waals surface area contributed by atoms with Crippen molar-refractivity contribution in [3.8, 4) is 0 Å². The number of aromatic nitrogens is 1. The summed E-state index contributed by atoms with van der Waals surface area (Å²) in [6.07, 6.45) is 1.67. The Hall–Kier alpha value is -1.58. The van der Waals surface area contributed by atoms with Gasteiger partial charge in [-0.1, -0.05) is 0 Å². The second-order valence-electron chi connectivity index (χ2n) is 3.43. The monoisotopic (exact) mass is 193 g/mol. The lowest BCUT2D eigenvalue weighted by atomic mass is 10.0. The van der Waals surface area contributed by atoms with Gasteiger partial charge in [-0.05, 0) is 19.1 Å². The van der Waals surface area contributed by atoms with Crippen molar-refractivity contribution >= 4 is 11.6 Å². The smallest absolute Gasteiger partial charge is 0.226 e. The number of nitrogens with zero attached hydrogens (tertiary/aromatic N) is 2. The Balaban J connectivity index is 3.13. The molecule has 0 aromatic carbocycles. The van der Waals surface area contributed by atoms with Crippen LogP contribution < -0.4 is 10.6 Å². The highest BCUT2D eigenvalue weighted by molar-refractivity contribution is 5.82. The average Bonchev–Trinajstić information content (AvgIpc) is 2.16. The first-order valence-electron chi connectivity index (χ1n) is 4.45. The van der Waals surface area contributed by atoms with Gasteiger partial charge < -0.3 is 10.6 Å². The molecule has 0 fully saturated rings. The number of hydrogen-bond acceptors (Lipinski definition) is 3. The SMILES string of the molecule is CC(C(N)=O)c1ncccc1N(C)C. The summed E-state index contributed by atoms with van der Waals surface area (Å²) < 4.78 is 0. The third kappa shape index (κ3) is 2.02. The minimum atomic E-state index is -0.355. The molecule has 4 nitrogen and oxygen atoms in total. The summed E-state index contributed by atoms with van der Waals surface area (Å²) in [4.78, 5) is 17.1. The predicted molar refractivity (Wildman–Crippen MR) is 56.2 cm³/mol. The molecule has 0 spiro atoms. The van der Waals surface area contributed by atoms with Crippen LogP contribution in [0.25, 0.3) is 0 Å². The lowest BCUT2D eigenvalue weighted by Crippen LogP contribution is -2.22. The lowest BCUT2D eigenvalue weighted by molar-refractivity contribution is -0.119. The molecule has 0 saturated carbocycles. The number of anilines is 1. The van der Waals surface area contributed by atoms with E-state index in [1.807, 2.05) is 31.1 Å². The number of hydrogen-bond donors (Lipinski definition) is 1. The number of nitrogens with two attached hydrogens (primary N) is 1. The van der Waals surface area contributed by atoms with Gasteiger partial charge in [0.15, 0.2) is 0 Å². The van der Waals surface area contributed by atoms with Gasteiger partial charge in [0, 0.05) is 20.3 Å². The zero-order chi connectivity index (χ0) is 10.7. The predicted octanol–water partition coefficient (Wildman–Crippen LogP) is 0.736. The Labute approximate surface area is 83.7 Å². The van der Waals surface area contributed by atoms with Gasteiger partial charge in [-0.3, -0.25) is 9.78 Å². The minimum absolute atomic E-state index is 0.353. The zero-order valence-corrected chi connectivity index (χ0v) is 8.69. The van der Waals surface area contributed by atoms with Gasteiger partial charge in [0.2, 0.25) is 5.91 Å². The summed E-state index contributed by atoms with van der Waals surface area (Å²) in [6, 6.07) is 3.76. The van der Waals surface area contributed by atoms with Crippen molar-refractivity contribution in [2.45, 2.75) is 12.8 Å². The molecular formula is C10H15N3O. The van der Waals surface area contributed by atoms with Crippen LogP contribution in [0.3, 0.4) is 0 Å². The fraction of sp³-hybridized carbons (Fsp3) is 0.400. The maximum atomic E-state index is 11.0. The van der Waals surface area contributed by atoms with Crippen LogP contribution in [0, 0.1) is 0 Å². The molecule has 1 heterocycles. The molecule has 1 aromatic rings. The number of primary amides is 1. The van der Waals surface area contributed by atoms with Crippen LogP contribution in [0.15, 0.2) is 18.3 Å². The highest BCUT2D eigenvalue weighted by Crippen LogP contribution is 2.23. The van der Waals surface area contributed by atoms with Crippen molar-refractivity contribution in [3.63, 3.8) is 0 Å². The summed E-state index contributed by atoms with van der Waals surface area (Å²) in [5.74, 6) is -0.708. The highest BCUT2D eigenvalue weighted by atomic mass is 16.1. The van der Waals surface area contributed by atoms with E-state index in [0.717, 1.165) is 11.4 Å². The molecule has 4 heteroatoms. The van der Waals surface area contributed by atoms with Crippen LogP contribution in [-0.4, -0.2) is 25.0 Å². The fourth-order valence-electron chi connectivity index (χ4n) is 1.26. The normalized spacial score (nSPS) is 12.2. The van der Waals surface area contributed by atoms with E-state index in [2.05, 4.69) is 4.98 Å². The maximum Gasteiger partial charge on any atom is 0.226 e. The number of pyridine rings is 1. The molecule has 0 aliphatic rings. The Morgan fingerprint density at radius 1 is 1.57 bits per heavy atom. The van der Waals surface area contributed by atoms with Gasteiger partial charge in [-0.2, -0.15) is 0 Å². The second-order valence-corrected chi connectivity index (χ2v) is 3.43. The van der Waals surface area contributed by atoms with Crippen molar-refractivity contribution in [1.82, 2.24) is 4.98 Å². The molecule has 0 aliphatic carbocycles. The summed E-state index contributed by atoms with van der Waals surface area (Å²) in [6.45, 7) is 1.76. The van der Waals surface area contributed by atoms with Gasteiger partial charge in [-0.25, -0.2) is 0 Å². The molecule has 76 valence electrons. The molecule has 1 aromatic heterocycles. The van der Waals surface area contributed by atoms with Crippen molar-refractivity contribution in [3.05, 3.63) is 24.0 Å². The maximum absolute atomic E-state index is 11.0. The van der Waals surface area contributed by atoms with Gasteiger partial charge in [-0.15, -0.1) is 0 Å². The van der Waals surface area contributed by atoms with Crippen molar-refractivity contribution < 1.29 is 4.79 Å². The molecule has 0 bridgehead atoms. The molecule has 0 saturated heterocycles. The molecule has 0 radical (unpaired) electrons. The van der Waals surface area contributed by atoms with Crippen molar-refractivity contribution in [2.24, 2.45) is 5.73 Å². The van der Waals surface area contributed by atoms with Crippen molar-refractivity contribution in [2.75, 3.05) is 19.0 Å². The number of rotatable bonds is 3. The van der Waals surface area contributed by atoms with Gasteiger partial charge in [0.1, 0.15) is 0 Å². The second kappa shape index (κ2) is 4.09. The third-order valence-corrected chi connectivity index (χ3v) is 2.13. The molecule has 1 unspecified atom stereocenters. The Bertz CT molecular complexity index is 336. The summed E-state index contributed by atoms with van der Waals surface area (Å²) in [7, 11) is 3.82. The van der Waals surface area contributed by atoms with E-state index in [1.165, 1.54) is 0 Å². The quantitative estimate of drug-likeness (QED) is 0.770.